The van der Waals surface area contributed by atoms with Gasteiger partial charge in [0.2, 0.25) is 5.91 Å². The van der Waals surface area contributed by atoms with Crippen LogP contribution in [0.25, 0.3) is 0 Å². The Hall–Kier alpha value is -1.37. The standard InChI is InChI=1S/C11H19NO5S/c1-5-6-7-8(9(13)14)12-10(15)11(2,3)18(4,16)17/h5-6,8H,7H2,1-4H3,(H,12,15)(H,13,14)/b6-5+. The number of amides is 1. The van der Waals surface area contributed by atoms with Crippen molar-refractivity contribution in [1.82, 2.24) is 5.32 Å². The van der Waals surface area contributed by atoms with Gasteiger partial charge in [0.15, 0.2) is 9.84 Å². The number of carbonyl (C=O) groups is 2. The topological polar surface area (TPSA) is 101 Å². The molecule has 0 radical (unpaired) electrons. The maximum absolute atomic E-state index is 11.8. The summed E-state index contributed by atoms with van der Waals surface area (Å²) in [6.45, 7) is 4.21. The molecule has 0 spiro atoms. The maximum Gasteiger partial charge on any atom is 0.326 e. The summed E-state index contributed by atoms with van der Waals surface area (Å²) in [4.78, 5) is 22.7. The molecule has 1 unspecified atom stereocenters. The van der Waals surface area contributed by atoms with Crippen molar-refractivity contribution in [1.29, 1.82) is 0 Å². The van der Waals surface area contributed by atoms with Crippen LogP contribution >= 0.6 is 0 Å². The molecule has 18 heavy (non-hydrogen) atoms. The second-order valence-corrected chi connectivity index (χ2v) is 7.02. The number of allylic oxidation sites excluding steroid dienone is 1. The van der Waals surface area contributed by atoms with Gasteiger partial charge in [-0.3, -0.25) is 4.79 Å². The molecule has 0 heterocycles. The van der Waals surface area contributed by atoms with E-state index in [9.17, 15) is 18.0 Å². The van der Waals surface area contributed by atoms with E-state index in [-0.39, 0.29) is 6.42 Å². The first kappa shape index (κ1) is 16.6. The highest BCUT2D eigenvalue weighted by Crippen LogP contribution is 2.15. The van der Waals surface area contributed by atoms with Gasteiger partial charge in [-0.05, 0) is 27.2 Å². The molecule has 1 amide bonds. The van der Waals surface area contributed by atoms with Gasteiger partial charge in [-0.1, -0.05) is 12.2 Å². The monoisotopic (exact) mass is 277 g/mol. The average Bonchev–Trinajstić information content (AvgIpc) is 2.21. The highest BCUT2D eigenvalue weighted by atomic mass is 32.2. The first-order valence-electron chi connectivity index (χ1n) is 5.38. The molecule has 0 saturated carbocycles. The zero-order chi connectivity index (χ0) is 14.6. The van der Waals surface area contributed by atoms with Crippen molar-refractivity contribution in [3.8, 4) is 0 Å². The summed E-state index contributed by atoms with van der Waals surface area (Å²) in [5.41, 5.74) is 0. The minimum absolute atomic E-state index is 0.109. The van der Waals surface area contributed by atoms with Gasteiger partial charge in [0.1, 0.15) is 10.8 Å². The molecule has 0 aliphatic heterocycles. The molecular weight excluding hydrogens is 258 g/mol. The Morgan fingerprint density at radius 2 is 1.89 bits per heavy atom. The van der Waals surface area contributed by atoms with E-state index >= 15 is 0 Å². The highest BCUT2D eigenvalue weighted by Gasteiger charge is 2.39. The van der Waals surface area contributed by atoms with E-state index in [1.54, 1.807) is 19.1 Å². The molecule has 0 saturated heterocycles. The van der Waals surface area contributed by atoms with E-state index < -0.39 is 32.5 Å². The van der Waals surface area contributed by atoms with Gasteiger partial charge in [-0.25, -0.2) is 13.2 Å². The van der Waals surface area contributed by atoms with E-state index in [2.05, 4.69) is 5.32 Å². The lowest BCUT2D eigenvalue weighted by Gasteiger charge is -2.23. The van der Waals surface area contributed by atoms with Crippen molar-refractivity contribution in [2.75, 3.05) is 6.26 Å². The lowest BCUT2D eigenvalue weighted by molar-refractivity contribution is -0.142. The summed E-state index contributed by atoms with van der Waals surface area (Å²) in [5.74, 6) is -2.02. The zero-order valence-electron chi connectivity index (χ0n) is 10.9. The van der Waals surface area contributed by atoms with Crippen molar-refractivity contribution in [2.45, 2.75) is 38.0 Å². The van der Waals surface area contributed by atoms with Gasteiger partial charge in [-0.15, -0.1) is 0 Å². The number of hydrogen-bond acceptors (Lipinski definition) is 4. The van der Waals surface area contributed by atoms with E-state index in [0.29, 0.717) is 0 Å². The predicted molar refractivity (Wildman–Crippen MR) is 67.9 cm³/mol. The van der Waals surface area contributed by atoms with Crippen LogP contribution in [0, 0.1) is 0 Å². The fourth-order valence-electron chi connectivity index (χ4n) is 0.994. The number of carboxylic acids is 1. The summed E-state index contributed by atoms with van der Waals surface area (Å²) in [5, 5.41) is 11.1. The quantitative estimate of drug-likeness (QED) is 0.682. The van der Waals surface area contributed by atoms with Crippen molar-refractivity contribution in [3.05, 3.63) is 12.2 Å². The van der Waals surface area contributed by atoms with Crippen LogP contribution < -0.4 is 5.32 Å². The lowest BCUT2D eigenvalue weighted by atomic mass is 10.1. The predicted octanol–water partition coefficient (Wildman–Crippen LogP) is 0.345. The number of carbonyl (C=O) groups excluding carboxylic acids is 1. The molecule has 0 rings (SSSR count). The van der Waals surface area contributed by atoms with Gasteiger partial charge in [0.25, 0.3) is 0 Å². The summed E-state index contributed by atoms with van der Waals surface area (Å²) in [6, 6.07) is -1.13. The number of hydrogen-bond donors (Lipinski definition) is 2. The van der Waals surface area contributed by atoms with Gasteiger partial charge in [0, 0.05) is 6.26 Å². The average molecular weight is 277 g/mol. The summed E-state index contributed by atoms with van der Waals surface area (Å²) in [7, 11) is -3.62. The second kappa shape index (κ2) is 5.99. The van der Waals surface area contributed by atoms with Crippen LogP contribution in [0.4, 0.5) is 0 Å². The van der Waals surface area contributed by atoms with Crippen LogP contribution in [0.5, 0.6) is 0 Å². The largest absolute Gasteiger partial charge is 0.480 e. The Kier molecular flexibility index (Phi) is 5.54. The van der Waals surface area contributed by atoms with E-state index in [1.807, 2.05) is 0 Å². The summed E-state index contributed by atoms with van der Waals surface area (Å²) < 4.78 is 21.2. The third kappa shape index (κ3) is 4.14. The first-order valence-corrected chi connectivity index (χ1v) is 7.27. The number of aliphatic carboxylic acids is 1. The molecule has 0 fully saturated rings. The number of sulfone groups is 1. The van der Waals surface area contributed by atoms with Crippen LogP contribution in [0.15, 0.2) is 12.2 Å². The minimum atomic E-state index is -3.62. The Labute approximate surface area is 107 Å². The molecule has 0 aromatic heterocycles. The fourth-order valence-corrected chi connectivity index (χ4v) is 1.39. The molecule has 0 aromatic rings. The van der Waals surface area contributed by atoms with Crippen molar-refractivity contribution in [3.63, 3.8) is 0 Å². The molecule has 0 aliphatic rings. The van der Waals surface area contributed by atoms with Crippen LogP contribution in [0.1, 0.15) is 27.2 Å². The van der Waals surface area contributed by atoms with Crippen LogP contribution in [0.3, 0.4) is 0 Å². The van der Waals surface area contributed by atoms with Crippen LogP contribution in [0.2, 0.25) is 0 Å². The van der Waals surface area contributed by atoms with Gasteiger partial charge in [-0.2, -0.15) is 0 Å². The van der Waals surface area contributed by atoms with E-state index in [1.165, 1.54) is 13.8 Å². The molecule has 0 aromatic carbocycles. The van der Waals surface area contributed by atoms with Gasteiger partial charge < -0.3 is 10.4 Å². The van der Waals surface area contributed by atoms with Crippen molar-refractivity contribution < 1.29 is 23.1 Å². The van der Waals surface area contributed by atoms with Crippen LogP contribution in [-0.2, 0) is 19.4 Å². The summed E-state index contributed by atoms with van der Waals surface area (Å²) >= 11 is 0. The maximum atomic E-state index is 11.8. The molecule has 2 N–H and O–H groups in total. The Balaban J connectivity index is 4.97. The highest BCUT2D eigenvalue weighted by molar-refractivity contribution is 7.92. The van der Waals surface area contributed by atoms with Gasteiger partial charge in [0.05, 0.1) is 0 Å². The van der Waals surface area contributed by atoms with E-state index in [0.717, 1.165) is 6.26 Å². The fraction of sp³-hybridized carbons (Fsp3) is 0.636. The molecular formula is C11H19NO5S. The molecule has 0 aliphatic carbocycles. The van der Waals surface area contributed by atoms with Crippen molar-refractivity contribution >= 4 is 21.7 Å². The molecule has 1 atom stereocenters. The Morgan fingerprint density at radius 3 is 2.22 bits per heavy atom. The number of carboxylic acid groups (broad SMARTS) is 1. The SMILES string of the molecule is C/C=C/CC(NC(=O)C(C)(C)S(C)(=O)=O)C(=O)O. The first-order chi connectivity index (χ1) is 8.04. The van der Waals surface area contributed by atoms with E-state index in [4.69, 9.17) is 5.11 Å². The zero-order valence-corrected chi connectivity index (χ0v) is 11.7. The lowest BCUT2D eigenvalue weighted by Crippen LogP contribution is -2.52. The summed E-state index contributed by atoms with van der Waals surface area (Å²) in [6.07, 6.45) is 4.29. The molecule has 104 valence electrons. The normalized spacial score (nSPS) is 14.4. The van der Waals surface area contributed by atoms with Crippen LogP contribution in [-0.4, -0.2) is 42.4 Å². The Bertz CT molecular complexity index is 450. The number of nitrogens with one attached hydrogen (secondary N) is 1. The molecule has 0 bridgehead atoms. The third-order valence-corrected chi connectivity index (χ3v) is 4.72. The number of rotatable bonds is 6. The second-order valence-electron chi connectivity index (χ2n) is 4.45. The molecule has 6 nitrogen and oxygen atoms in total. The Morgan fingerprint density at radius 1 is 1.39 bits per heavy atom. The third-order valence-electron chi connectivity index (χ3n) is 2.68. The molecule has 7 heteroatoms. The van der Waals surface area contributed by atoms with Gasteiger partial charge >= 0.3 is 5.97 Å². The van der Waals surface area contributed by atoms with Crippen molar-refractivity contribution in [2.24, 2.45) is 0 Å². The minimum Gasteiger partial charge on any atom is -0.480 e. The smallest absolute Gasteiger partial charge is 0.326 e.